The molecule has 2 aliphatic heterocycles. The van der Waals surface area contributed by atoms with Crippen molar-refractivity contribution in [1.29, 1.82) is 0 Å². The Morgan fingerprint density at radius 1 is 0.759 bits per heavy atom. The Morgan fingerprint density at radius 2 is 1.39 bits per heavy atom. The molecule has 0 radical (unpaired) electrons. The number of aliphatic hydroxyl groups excluding tert-OH is 8. The van der Waals surface area contributed by atoms with Crippen LogP contribution in [0.1, 0.15) is 79.6 Å². The van der Waals surface area contributed by atoms with Crippen molar-refractivity contribution < 1.29 is 69.6 Å². The van der Waals surface area contributed by atoms with Crippen LogP contribution in [0.25, 0.3) is 0 Å². The summed E-state index contributed by atoms with van der Waals surface area (Å²) in [4.78, 5) is 0. The fourth-order valence-electron chi connectivity index (χ4n) is 12.2. The summed E-state index contributed by atoms with van der Waals surface area (Å²) >= 11 is 0. The SMILES string of the molecule is COC1C(OC2C(OCCC(C=CC(C)C3C(O)C(O)C4C3(C)CCC3C5(C)CCC(O)CC5C(O)CC34O)C(C)C)OCC(O)C2O)OCC(O)C1O. The van der Waals surface area contributed by atoms with Crippen LogP contribution in [0.4, 0.5) is 0 Å². The smallest absolute Gasteiger partial charge is 0.187 e. The van der Waals surface area contributed by atoms with Gasteiger partial charge in [-0.1, -0.05) is 46.8 Å². The molecule has 21 atom stereocenters. The van der Waals surface area contributed by atoms with Crippen molar-refractivity contribution in [3.05, 3.63) is 12.2 Å². The van der Waals surface area contributed by atoms with Gasteiger partial charge in [0.15, 0.2) is 12.6 Å². The van der Waals surface area contributed by atoms with E-state index in [0.717, 1.165) is 12.8 Å². The zero-order valence-electron chi connectivity index (χ0n) is 32.8. The maximum atomic E-state index is 12.6. The molecule has 0 aromatic carbocycles. The zero-order chi connectivity index (χ0) is 39.5. The standard InChI is InChI=1S/C40H68O14/c1-19(2)21(11-14-51-36-34(30(46)26(44)17-52-36)54-37-33(50-6)29(45)25(43)18-53-37)8-7-20(3)28-31(47)32(48)35-39(28,5)13-10-27-38(4)12-9-22(41)15-23(38)24(42)16-40(27,35)49/h7-8,19-37,41-49H,9-18H2,1-6H3. The molecule has 0 spiro atoms. The van der Waals surface area contributed by atoms with E-state index in [1.807, 2.05) is 6.92 Å². The molecule has 312 valence electrons. The predicted octanol–water partition coefficient (Wildman–Crippen LogP) is 0.461. The van der Waals surface area contributed by atoms with Crippen LogP contribution in [0.15, 0.2) is 12.2 Å². The molecule has 14 nitrogen and oxygen atoms in total. The summed E-state index contributed by atoms with van der Waals surface area (Å²) < 4.78 is 28.7. The Morgan fingerprint density at radius 3 is 2.04 bits per heavy atom. The van der Waals surface area contributed by atoms with Crippen LogP contribution in [0.3, 0.4) is 0 Å². The molecule has 4 saturated carbocycles. The van der Waals surface area contributed by atoms with Gasteiger partial charge in [0.25, 0.3) is 0 Å². The summed E-state index contributed by atoms with van der Waals surface area (Å²) in [5.41, 5.74) is -2.31. The fourth-order valence-corrected chi connectivity index (χ4v) is 12.2. The Balaban J connectivity index is 1.12. The first-order valence-electron chi connectivity index (χ1n) is 20.3. The van der Waals surface area contributed by atoms with Crippen LogP contribution >= 0.6 is 0 Å². The molecule has 54 heavy (non-hydrogen) atoms. The number of aliphatic hydroxyl groups is 9. The summed E-state index contributed by atoms with van der Waals surface area (Å²) in [5, 5.41) is 99.5. The van der Waals surface area contributed by atoms with Gasteiger partial charge >= 0.3 is 0 Å². The number of ether oxygens (including phenoxy) is 5. The van der Waals surface area contributed by atoms with Gasteiger partial charge in [-0.25, -0.2) is 0 Å². The zero-order valence-corrected chi connectivity index (χ0v) is 32.8. The minimum absolute atomic E-state index is 0.0427. The third kappa shape index (κ3) is 7.49. The van der Waals surface area contributed by atoms with Crippen molar-refractivity contribution in [3.8, 4) is 0 Å². The van der Waals surface area contributed by atoms with Gasteiger partial charge in [0.2, 0.25) is 0 Å². The van der Waals surface area contributed by atoms with Crippen LogP contribution in [0.5, 0.6) is 0 Å². The van der Waals surface area contributed by atoms with E-state index >= 15 is 0 Å². The highest BCUT2D eigenvalue weighted by Gasteiger charge is 2.72. The summed E-state index contributed by atoms with van der Waals surface area (Å²) in [6.45, 7) is 10.3. The van der Waals surface area contributed by atoms with Gasteiger partial charge < -0.3 is 69.6 Å². The lowest BCUT2D eigenvalue weighted by Gasteiger charge is -2.65. The molecule has 14 heteroatoms. The van der Waals surface area contributed by atoms with Crippen molar-refractivity contribution in [2.75, 3.05) is 26.9 Å². The first-order valence-corrected chi connectivity index (χ1v) is 20.3. The molecule has 0 aromatic heterocycles. The average molecular weight is 773 g/mol. The maximum Gasteiger partial charge on any atom is 0.187 e. The van der Waals surface area contributed by atoms with Crippen molar-refractivity contribution in [2.45, 2.75) is 159 Å². The van der Waals surface area contributed by atoms with Gasteiger partial charge in [-0.15, -0.1) is 0 Å². The Hall–Kier alpha value is -0.820. The highest BCUT2D eigenvalue weighted by molar-refractivity contribution is 5.22. The molecule has 9 N–H and O–H groups in total. The minimum Gasteiger partial charge on any atom is -0.393 e. The topological polar surface area (TPSA) is 228 Å². The van der Waals surface area contributed by atoms with Crippen LogP contribution < -0.4 is 0 Å². The van der Waals surface area contributed by atoms with Crippen molar-refractivity contribution >= 4 is 0 Å². The molecule has 2 saturated heterocycles. The quantitative estimate of drug-likeness (QED) is 0.130. The molecule has 21 unspecified atom stereocenters. The average Bonchev–Trinajstić information content (AvgIpc) is 3.32. The van der Waals surface area contributed by atoms with Gasteiger partial charge in [-0.3, -0.25) is 0 Å². The first-order chi connectivity index (χ1) is 25.4. The van der Waals surface area contributed by atoms with Crippen LogP contribution in [-0.4, -0.2) is 152 Å². The number of hydrogen-bond acceptors (Lipinski definition) is 14. The second kappa shape index (κ2) is 16.4. The lowest BCUT2D eigenvalue weighted by molar-refractivity contribution is -0.345. The number of allylic oxidation sites excluding steroid dienone is 2. The number of rotatable bonds is 11. The fraction of sp³-hybridized carbons (Fsp3) is 0.950. The van der Waals surface area contributed by atoms with Crippen LogP contribution in [0, 0.1) is 52.3 Å². The minimum atomic E-state index is -1.38. The second-order valence-electron chi connectivity index (χ2n) is 18.5. The predicted molar refractivity (Wildman–Crippen MR) is 193 cm³/mol. The molecule has 6 aliphatic rings. The van der Waals surface area contributed by atoms with Gasteiger partial charge in [0.05, 0.1) is 49.8 Å². The monoisotopic (exact) mass is 772 g/mol. The van der Waals surface area contributed by atoms with Gasteiger partial charge in [0, 0.05) is 19.4 Å². The van der Waals surface area contributed by atoms with Crippen LogP contribution in [-0.2, 0) is 23.7 Å². The largest absolute Gasteiger partial charge is 0.393 e. The van der Waals surface area contributed by atoms with E-state index in [2.05, 4.69) is 39.8 Å². The lowest BCUT2D eigenvalue weighted by atomic mass is 9.42. The molecule has 6 fully saturated rings. The summed E-state index contributed by atoms with van der Waals surface area (Å²) in [6.07, 6.45) is -4.79. The van der Waals surface area contributed by atoms with Crippen molar-refractivity contribution in [2.24, 2.45) is 52.3 Å². The third-order valence-corrected chi connectivity index (χ3v) is 15.1. The van der Waals surface area contributed by atoms with Crippen LogP contribution in [0.2, 0.25) is 0 Å². The van der Waals surface area contributed by atoms with E-state index in [1.165, 1.54) is 7.11 Å². The van der Waals surface area contributed by atoms with E-state index in [1.54, 1.807) is 0 Å². The van der Waals surface area contributed by atoms with Gasteiger partial charge in [-0.05, 0) is 84.9 Å². The molecule has 6 rings (SSSR count). The summed E-state index contributed by atoms with van der Waals surface area (Å²) in [6, 6.07) is 0. The Labute approximate surface area is 319 Å². The molecular weight excluding hydrogens is 704 g/mol. The number of hydrogen-bond donors (Lipinski definition) is 9. The second-order valence-corrected chi connectivity index (χ2v) is 18.5. The van der Waals surface area contributed by atoms with E-state index in [-0.39, 0.29) is 67.2 Å². The van der Waals surface area contributed by atoms with Crippen molar-refractivity contribution in [3.63, 3.8) is 0 Å². The Bertz CT molecular complexity index is 1290. The maximum absolute atomic E-state index is 12.6. The molecule has 4 aliphatic carbocycles. The molecular formula is C40H68O14. The van der Waals surface area contributed by atoms with Gasteiger partial charge in [0.1, 0.15) is 36.6 Å². The van der Waals surface area contributed by atoms with E-state index in [4.69, 9.17) is 23.7 Å². The molecule has 0 amide bonds. The molecule has 2 heterocycles. The number of fused-ring (bicyclic) bond motifs is 5. The summed E-state index contributed by atoms with van der Waals surface area (Å²) in [5.74, 6) is -1.12. The molecule has 0 aromatic rings. The third-order valence-electron chi connectivity index (χ3n) is 15.1. The van der Waals surface area contributed by atoms with Gasteiger partial charge in [-0.2, -0.15) is 0 Å². The number of methoxy groups -OCH3 is 1. The highest BCUT2D eigenvalue weighted by atomic mass is 16.8. The van der Waals surface area contributed by atoms with E-state index < -0.39 is 90.6 Å². The van der Waals surface area contributed by atoms with Crippen molar-refractivity contribution in [1.82, 2.24) is 0 Å². The summed E-state index contributed by atoms with van der Waals surface area (Å²) in [7, 11) is 1.34. The van der Waals surface area contributed by atoms with E-state index in [9.17, 15) is 46.0 Å². The Kier molecular flexibility index (Phi) is 13.0. The molecule has 0 bridgehead atoms. The van der Waals surface area contributed by atoms with E-state index in [0.29, 0.717) is 25.7 Å². The highest BCUT2D eigenvalue weighted by Crippen LogP contribution is 2.69. The lowest BCUT2D eigenvalue weighted by Crippen LogP contribution is -2.68. The normalized spacial score (nSPS) is 52.1. The first kappa shape index (κ1) is 42.8.